The number of carboxylic acid groups (broad SMARTS) is 1. The molecule has 0 bridgehead atoms. The van der Waals surface area contributed by atoms with Gasteiger partial charge >= 0.3 is 5.97 Å². The maximum Gasteiger partial charge on any atom is 0.329 e. The zero-order valence-corrected chi connectivity index (χ0v) is 11.6. The minimum atomic E-state index is -1.00. The van der Waals surface area contributed by atoms with E-state index in [-0.39, 0.29) is 5.69 Å². The second-order valence-electron chi connectivity index (χ2n) is 5.47. The van der Waals surface area contributed by atoms with Crippen LogP contribution in [0.3, 0.4) is 0 Å². The fraction of sp³-hybridized carbons (Fsp3) is 0.500. The largest absolute Gasteiger partial charge is 0.480 e. The Balaban J connectivity index is 2.48. The quantitative estimate of drug-likeness (QED) is 0.679. The molecule has 1 unspecified atom stereocenters. The fourth-order valence-corrected chi connectivity index (χ4v) is 2.76. The molecule has 1 fully saturated rings. The zero-order valence-electron chi connectivity index (χ0n) is 11.6. The third-order valence-electron chi connectivity index (χ3n) is 3.92. The van der Waals surface area contributed by atoms with E-state index >= 15 is 0 Å². The highest BCUT2D eigenvalue weighted by Crippen LogP contribution is 2.35. The van der Waals surface area contributed by atoms with Gasteiger partial charge in [-0.3, -0.25) is 10.1 Å². The van der Waals surface area contributed by atoms with E-state index in [0.717, 1.165) is 18.4 Å². The number of nitro benzene ring substituents is 1. The van der Waals surface area contributed by atoms with E-state index in [2.05, 4.69) is 0 Å². The van der Waals surface area contributed by atoms with Crippen molar-refractivity contribution in [1.29, 1.82) is 0 Å². The molecule has 1 N–H and O–H groups in total. The minimum absolute atomic E-state index is 0.00156. The Morgan fingerprint density at radius 2 is 2.10 bits per heavy atom. The number of aliphatic carboxylic acids is 1. The van der Waals surface area contributed by atoms with Crippen molar-refractivity contribution in [2.24, 2.45) is 0 Å². The molecule has 1 heterocycles. The Labute approximate surface area is 117 Å². The molecule has 0 aliphatic carbocycles. The van der Waals surface area contributed by atoms with Crippen LogP contribution in [0.25, 0.3) is 0 Å². The van der Waals surface area contributed by atoms with E-state index in [4.69, 9.17) is 0 Å². The summed E-state index contributed by atoms with van der Waals surface area (Å²) < 4.78 is 0. The molecule has 2 rings (SSSR count). The van der Waals surface area contributed by atoms with Gasteiger partial charge < -0.3 is 10.0 Å². The third-order valence-corrected chi connectivity index (χ3v) is 3.92. The Hall–Kier alpha value is -2.11. The number of rotatable bonds is 3. The van der Waals surface area contributed by atoms with Gasteiger partial charge in [-0.2, -0.15) is 0 Å². The molecule has 1 atom stereocenters. The van der Waals surface area contributed by atoms with Crippen molar-refractivity contribution in [2.45, 2.75) is 38.6 Å². The molecule has 0 aromatic heterocycles. The first-order valence-electron chi connectivity index (χ1n) is 6.62. The normalized spacial score (nSPS) is 22.6. The van der Waals surface area contributed by atoms with Crippen molar-refractivity contribution in [3.8, 4) is 0 Å². The lowest BCUT2D eigenvalue weighted by Gasteiger charge is -2.43. The Bertz CT molecular complexity index is 558. The number of aryl methyl sites for hydroxylation is 1. The van der Waals surface area contributed by atoms with Gasteiger partial charge in [-0.15, -0.1) is 0 Å². The van der Waals surface area contributed by atoms with Crippen LogP contribution in [0.4, 0.5) is 11.4 Å². The second-order valence-corrected chi connectivity index (χ2v) is 5.47. The third kappa shape index (κ3) is 2.45. The number of hydrogen-bond donors (Lipinski definition) is 1. The number of anilines is 1. The predicted octanol–water partition coefficient (Wildman–Crippen LogP) is 2.74. The Morgan fingerprint density at radius 1 is 1.40 bits per heavy atom. The van der Waals surface area contributed by atoms with Crippen molar-refractivity contribution in [2.75, 3.05) is 11.4 Å². The lowest BCUT2D eigenvalue weighted by atomic mass is 9.87. The number of nitro groups is 1. The summed E-state index contributed by atoms with van der Waals surface area (Å²) in [4.78, 5) is 23.9. The molecule has 6 heteroatoms. The van der Waals surface area contributed by atoms with Gasteiger partial charge in [0.05, 0.1) is 4.92 Å². The van der Waals surface area contributed by atoms with Gasteiger partial charge in [0.25, 0.3) is 5.69 Å². The minimum Gasteiger partial charge on any atom is -0.480 e. The molecule has 1 aliphatic rings. The molecule has 1 aromatic carbocycles. The summed E-state index contributed by atoms with van der Waals surface area (Å²) in [7, 11) is 0. The molecule has 108 valence electrons. The van der Waals surface area contributed by atoms with Crippen LogP contribution in [0.5, 0.6) is 0 Å². The van der Waals surface area contributed by atoms with E-state index in [9.17, 15) is 20.0 Å². The lowest BCUT2D eigenvalue weighted by Crippen LogP contribution is -2.55. The summed E-state index contributed by atoms with van der Waals surface area (Å²) >= 11 is 0. The number of benzene rings is 1. The molecule has 0 amide bonds. The Morgan fingerprint density at radius 3 is 2.70 bits per heavy atom. The van der Waals surface area contributed by atoms with Crippen molar-refractivity contribution in [3.63, 3.8) is 0 Å². The fourth-order valence-electron chi connectivity index (χ4n) is 2.76. The van der Waals surface area contributed by atoms with Crippen molar-refractivity contribution in [1.82, 2.24) is 0 Å². The van der Waals surface area contributed by atoms with E-state index in [0.29, 0.717) is 18.7 Å². The smallest absolute Gasteiger partial charge is 0.329 e. The molecule has 1 aromatic rings. The van der Waals surface area contributed by atoms with Crippen molar-refractivity contribution in [3.05, 3.63) is 33.9 Å². The highest BCUT2D eigenvalue weighted by atomic mass is 16.6. The molecular weight excluding hydrogens is 260 g/mol. The molecule has 0 radical (unpaired) electrons. The lowest BCUT2D eigenvalue weighted by molar-refractivity contribution is -0.384. The van der Waals surface area contributed by atoms with Crippen LogP contribution in [0.15, 0.2) is 18.2 Å². The molecule has 1 aliphatic heterocycles. The van der Waals surface area contributed by atoms with Gasteiger partial charge in [0.15, 0.2) is 0 Å². The summed E-state index contributed by atoms with van der Waals surface area (Å²) in [5.41, 5.74) is 0.368. The average Bonchev–Trinajstić information content (AvgIpc) is 2.38. The van der Waals surface area contributed by atoms with Crippen LogP contribution in [0, 0.1) is 17.0 Å². The van der Waals surface area contributed by atoms with Gasteiger partial charge in [-0.1, -0.05) is 0 Å². The van der Waals surface area contributed by atoms with E-state index < -0.39 is 16.4 Å². The van der Waals surface area contributed by atoms with Crippen LogP contribution in [-0.4, -0.2) is 28.1 Å². The number of nitrogens with zero attached hydrogens (tertiary/aromatic N) is 2. The first kappa shape index (κ1) is 14.3. The predicted molar refractivity (Wildman–Crippen MR) is 75.1 cm³/mol. The maximum atomic E-state index is 11.6. The van der Waals surface area contributed by atoms with E-state index in [1.54, 1.807) is 24.8 Å². The second kappa shape index (κ2) is 5.11. The summed E-state index contributed by atoms with van der Waals surface area (Å²) in [6.45, 7) is 4.06. The van der Waals surface area contributed by atoms with E-state index in [1.807, 2.05) is 0 Å². The van der Waals surface area contributed by atoms with Crippen LogP contribution in [0.2, 0.25) is 0 Å². The van der Waals surface area contributed by atoms with Gasteiger partial charge in [0.1, 0.15) is 5.54 Å². The number of piperidine rings is 1. The number of carbonyl (C=O) groups is 1. The first-order valence-corrected chi connectivity index (χ1v) is 6.62. The molecule has 1 saturated heterocycles. The van der Waals surface area contributed by atoms with E-state index in [1.165, 1.54) is 12.1 Å². The first-order chi connectivity index (χ1) is 9.34. The number of hydrogen-bond acceptors (Lipinski definition) is 4. The zero-order chi connectivity index (χ0) is 14.9. The number of carboxylic acids is 1. The highest BCUT2D eigenvalue weighted by molar-refractivity contribution is 5.83. The molecule has 6 nitrogen and oxygen atoms in total. The van der Waals surface area contributed by atoms with Crippen LogP contribution in [-0.2, 0) is 4.79 Å². The van der Waals surface area contributed by atoms with Crippen molar-refractivity contribution >= 4 is 17.3 Å². The molecule has 0 spiro atoms. The monoisotopic (exact) mass is 278 g/mol. The topological polar surface area (TPSA) is 83.7 Å². The standard InChI is InChI=1S/C14H18N2O4/c1-10-7-11(9-12(8-10)16(19)20)15-6-4-3-5-14(15,2)13(17)18/h7-9H,3-6H2,1-2H3,(H,17,18). The van der Waals surface area contributed by atoms with Crippen LogP contribution < -0.4 is 4.90 Å². The summed E-state index contributed by atoms with van der Waals surface area (Å²) in [5, 5.41) is 20.5. The van der Waals surface area contributed by atoms with Gasteiger partial charge in [0.2, 0.25) is 0 Å². The van der Waals surface area contributed by atoms with Gasteiger partial charge in [0, 0.05) is 24.4 Å². The average molecular weight is 278 g/mol. The summed E-state index contributed by atoms with van der Waals surface area (Å²) in [6, 6.07) is 4.75. The maximum absolute atomic E-state index is 11.6. The summed E-state index contributed by atoms with van der Waals surface area (Å²) in [5.74, 6) is -0.888. The van der Waals surface area contributed by atoms with Crippen molar-refractivity contribution < 1.29 is 14.8 Å². The Kier molecular flexibility index (Phi) is 3.65. The van der Waals surface area contributed by atoms with Crippen LogP contribution in [0.1, 0.15) is 31.7 Å². The van der Waals surface area contributed by atoms with Gasteiger partial charge in [-0.05, 0) is 44.7 Å². The SMILES string of the molecule is Cc1cc(N2CCCCC2(C)C(=O)O)cc([N+](=O)[O-])c1. The molecular formula is C14H18N2O4. The number of non-ortho nitro benzene ring substituents is 1. The molecule has 0 saturated carbocycles. The van der Waals surface area contributed by atoms with Crippen LogP contribution >= 0.6 is 0 Å². The molecule has 20 heavy (non-hydrogen) atoms. The highest BCUT2D eigenvalue weighted by Gasteiger charge is 2.41. The summed E-state index contributed by atoms with van der Waals surface area (Å²) in [6.07, 6.45) is 2.29. The van der Waals surface area contributed by atoms with Gasteiger partial charge in [-0.25, -0.2) is 4.79 Å².